The fourth-order valence-corrected chi connectivity index (χ4v) is 1.90. The minimum absolute atomic E-state index is 0.0111. The highest BCUT2D eigenvalue weighted by Crippen LogP contribution is 2.32. The Balaban J connectivity index is 2.46. The maximum atomic E-state index is 12.7. The van der Waals surface area contributed by atoms with Crippen molar-refractivity contribution >= 4 is 21.8 Å². The second-order valence-corrected chi connectivity index (χ2v) is 4.94. The van der Waals surface area contributed by atoms with Crippen LogP contribution in [0.1, 0.15) is 11.3 Å². The molecule has 0 amide bonds. The van der Waals surface area contributed by atoms with E-state index in [0.29, 0.717) is 4.47 Å². The molecule has 2 aromatic rings. The van der Waals surface area contributed by atoms with Gasteiger partial charge in [0, 0.05) is 4.47 Å². The first-order valence-electron chi connectivity index (χ1n) is 5.63. The number of pyridine rings is 1. The second-order valence-electron chi connectivity index (χ2n) is 4.02. The molecule has 3 N–H and O–H groups in total. The third kappa shape index (κ3) is 3.72. The van der Waals surface area contributed by atoms with E-state index in [1.54, 1.807) is 24.3 Å². The van der Waals surface area contributed by atoms with E-state index >= 15 is 0 Å². The Morgan fingerprint density at radius 2 is 1.95 bits per heavy atom. The number of alkyl halides is 3. The van der Waals surface area contributed by atoms with Gasteiger partial charge in [-0.1, -0.05) is 22.0 Å². The number of ether oxygens (including phenoxy) is 1. The molecule has 0 aliphatic rings. The van der Waals surface area contributed by atoms with Crippen LogP contribution in [0.2, 0.25) is 0 Å². The van der Waals surface area contributed by atoms with Crippen LogP contribution in [0.15, 0.2) is 40.9 Å². The Morgan fingerprint density at radius 1 is 1.24 bits per heavy atom. The number of nitrogen functional groups attached to an aromatic ring is 1. The van der Waals surface area contributed by atoms with Gasteiger partial charge in [0.2, 0.25) is 5.88 Å². The summed E-state index contributed by atoms with van der Waals surface area (Å²) in [6, 6.07) is 8.32. The van der Waals surface area contributed by atoms with Crippen LogP contribution in [0, 0.1) is 5.41 Å². The standard InChI is InChI=1S/C13H9BrF3N3O/c14-7-2-1-3-8(6-7)21-12-9(11(18)19)4-5-10(20-12)13(15,16)17/h1-6H,(H3,18,19). The summed E-state index contributed by atoms with van der Waals surface area (Å²) in [7, 11) is 0. The molecule has 0 radical (unpaired) electrons. The fourth-order valence-electron chi connectivity index (χ4n) is 1.52. The smallest absolute Gasteiger partial charge is 0.433 e. The van der Waals surface area contributed by atoms with Gasteiger partial charge in [0.05, 0.1) is 5.56 Å². The quantitative estimate of drug-likeness (QED) is 0.643. The lowest BCUT2D eigenvalue weighted by Crippen LogP contribution is -2.16. The highest BCUT2D eigenvalue weighted by Gasteiger charge is 2.33. The minimum Gasteiger partial charge on any atom is -0.438 e. The van der Waals surface area contributed by atoms with Crippen LogP contribution in [-0.2, 0) is 6.18 Å². The number of nitrogens with one attached hydrogen (secondary N) is 1. The number of halogens is 4. The molecule has 1 aromatic carbocycles. The van der Waals surface area contributed by atoms with E-state index in [-0.39, 0.29) is 17.2 Å². The van der Waals surface area contributed by atoms with Gasteiger partial charge in [0.1, 0.15) is 17.3 Å². The topological polar surface area (TPSA) is 72.0 Å². The summed E-state index contributed by atoms with van der Waals surface area (Å²) in [4.78, 5) is 3.41. The number of hydrogen-bond donors (Lipinski definition) is 2. The lowest BCUT2D eigenvalue weighted by Gasteiger charge is -2.12. The summed E-state index contributed by atoms with van der Waals surface area (Å²) < 4.78 is 44.1. The predicted molar refractivity (Wildman–Crippen MR) is 74.5 cm³/mol. The third-order valence-electron chi connectivity index (χ3n) is 2.45. The Morgan fingerprint density at radius 3 is 2.52 bits per heavy atom. The molecule has 0 saturated carbocycles. The summed E-state index contributed by atoms with van der Waals surface area (Å²) in [5, 5.41) is 7.38. The van der Waals surface area contributed by atoms with E-state index in [2.05, 4.69) is 20.9 Å². The first-order valence-corrected chi connectivity index (χ1v) is 6.43. The van der Waals surface area contributed by atoms with Crippen molar-refractivity contribution in [3.63, 3.8) is 0 Å². The second kappa shape index (κ2) is 5.72. The zero-order chi connectivity index (χ0) is 15.6. The number of hydrogen-bond acceptors (Lipinski definition) is 3. The summed E-state index contributed by atoms with van der Waals surface area (Å²) in [5.41, 5.74) is 4.21. The molecule has 0 saturated heterocycles. The maximum Gasteiger partial charge on any atom is 0.433 e. The van der Waals surface area contributed by atoms with Crippen molar-refractivity contribution in [2.75, 3.05) is 0 Å². The van der Waals surface area contributed by atoms with Crippen molar-refractivity contribution in [2.24, 2.45) is 5.73 Å². The molecule has 0 aliphatic heterocycles. The minimum atomic E-state index is -4.61. The van der Waals surface area contributed by atoms with Crippen molar-refractivity contribution in [3.8, 4) is 11.6 Å². The van der Waals surface area contributed by atoms with Gasteiger partial charge in [-0.3, -0.25) is 5.41 Å². The van der Waals surface area contributed by atoms with Gasteiger partial charge >= 0.3 is 6.18 Å². The number of nitrogens with zero attached hydrogens (tertiary/aromatic N) is 1. The van der Waals surface area contributed by atoms with Crippen molar-refractivity contribution in [2.45, 2.75) is 6.18 Å². The van der Waals surface area contributed by atoms with Gasteiger partial charge in [-0.2, -0.15) is 13.2 Å². The zero-order valence-electron chi connectivity index (χ0n) is 10.4. The maximum absolute atomic E-state index is 12.7. The molecule has 1 aromatic heterocycles. The van der Waals surface area contributed by atoms with E-state index in [4.69, 9.17) is 15.9 Å². The summed E-state index contributed by atoms with van der Waals surface area (Å²) >= 11 is 3.22. The Labute approximate surface area is 126 Å². The van der Waals surface area contributed by atoms with E-state index in [9.17, 15) is 13.2 Å². The van der Waals surface area contributed by atoms with Crippen LogP contribution >= 0.6 is 15.9 Å². The normalized spacial score (nSPS) is 11.2. The SMILES string of the molecule is N=C(N)c1ccc(C(F)(F)F)nc1Oc1cccc(Br)c1. The van der Waals surface area contributed by atoms with Gasteiger partial charge in [0.25, 0.3) is 0 Å². The highest BCUT2D eigenvalue weighted by molar-refractivity contribution is 9.10. The number of benzene rings is 1. The first kappa shape index (κ1) is 15.3. The van der Waals surface area contributed by atoms with Crippen LogP contribution in [0.25, 0.3) is 0 Å². The van der Waals surface area contributed by atoms with Gasteiger partial charge in [0.15, 0.2) is 0 Å². The van der Waals surface area contributed by atoms with Crippen LogP contribution in [-0.4, -0.2) is 10.8 Å². The molecule has 0 aliphatic carbocycles. The van der Waals surface area contributed by atoms with Gasteiger partial charge in [-0.25, -0.2) is 4.98 Å². The molecule has 8 heteroatoms. The lowest BCUT2D eigenvalue weighted by atomic mass is 10.2. The van der Waals surface area contributed by atoms with E-state index in [1.807, 2.05) is 0 Å². The molecule has 21 heavy (non-hydrogen) atoms. The average molecular weight is 360 g/mol. The number of rotatable bonds is 3. The molecule has 4 nitrogen and oxygen atoms in total. The summed E-state index contributed by atoms with van der Waals surface area (Å²) in [6.45, 7) is 0. The largest absolute Gasteiger partial charge is 0.438 e. The number of aromatic nitrogens is 1. The van der Waals surface area contributed by atoms with Crippen LogP contribution in [0.5, 0.6) is 11.6 Å². The van der Waals surface area contributed by atoms with E-state index in [1.165, 1.54) is 0 Å². The molecule has 0 unspecified atom stereocenters. The van der Waals surface area contributed by atoms with Crippen molar-refractivity contribution in [1.82, 2.24) is 4.98 Å². The van der Waals surface area contributed by atoms with Gasteiger partial charge in [-0.05, 0) is 30.3 Å². The van der Waals surface area contributed by atoms with Crippen LogP contribution in [0.3, 0.4) is 0 Å². The zero-order valence-corrected chi connectivity index (χ0v) is 12.0. The summed E-state index contributed by atoms with van der Waals surface area (Å²) in [5.74, 6) is -0.518. The number of amidine groups is 1. The molecule has 0 spiro atoms. The van der Waals surface area contributed by atoms with Crippen LogP contribution in [0.4, 0.5) is 13.2 Å². The van der Waals surface area contributed by atoms with Gasteiger partial charge < -0.3 is 10.5 Å². The highest BCUT2D eigenvalue weighted by atomic mass is 79.9. The molecule has 0 bridgehead atoms. The fraction of sp³-hybridized carbons (Fsp3) is 0.0769. The molecular weight excluding hydrogens is 351 g/mol. The molecule has 1 heterocycles. The number of nitrogens with two attached hydrogens (primary N) is 1. The predicted octanol–water partition coefficient (Wildman–Crippen LogP) is 3.94. The van der Waals surface area contributed by atoms with Crippen molar-refractivity contribution in [3.05, 3.63) is 52.1 Å². The first-order chi connectivity index (χ1) is 9.77. The monoisotopic (exact) mass is 359 g/mol. The molecule has 0 atom stereocenters. The third-order valence-corrected chi connectivity index (χ3v) is 2.94. The summed E-state index contributed by atoms with van der Waals surface area (Å²) in [6.07, 6.45) is -4.61. The molecule has 2 rings (SSSR count). The Kier molecular flexibility index (Phi) is 4.17. The lowest BCUT2D eigenvalue weighted by molar-refractivity contribution is -0.141. The van der Waals surface area contributed by atoms with Crippen molar-refractivity contribution < 1.29 is 17.9 Å². The Hall–Kier alpha value is -2.09. The van der Waals surface area contributed by atoms with Crippen molar-refractivity contribution in [1.29, 1.82) is 5.41 Å². The van der Waals surface area contributed by atoms with Gasteiger partial charge in [-0.15, -0.1) is 0 Å². The molecular formula is C13H9BrF3N3O. The molecule has 110 valence electrons. The van der Waals surface area contributed by atoms with E-state index in [0.717, 1.165) is 12.1 Å². The average Bonchev–Trinajstić information content (AvgIpc) is 2.37. The van der Waals surface area contributed by atoms with E-state index < -0.39 is 17.7 Å². The molecule has 0 fully saturated rings. The Bertz CT molecular complexity index is 689. The van der Waals surface area contributed by atoms with Crippen LogP contribution < -0.4 is 10.5 Å².